The topological polar surface area (TPSA) is 53.1 Å². The second-order valence-corrected chi connectivity index (χ2v) is 17.1. The number of aliphatic carboxylic acids is 1. The van der Waals surface area contributed by atoms with Crippen LogP contribution >= 0.6 is 15.9 Å². The van der Waals surface area contributed by atoms with Gasteiger partial charge in [-0.05, 0) is 121 Å². The number of rotatable bonds is 1. The Bertz CT molecular complexity index is 1450. The predicted octanol–water partition coefficient (Wildman–Crippen LogP) is 9.69. The van der Waals surface area contributed by atoms with Crippen molar-refractivity contribution in [1.82, 2.24) is 4.98 Å². The van der Waals surface area contributed by atoms with Gasteiger partial charge in [-0.25, -0.2) is 0 Å². The van der Waals surface area contributed by atoms with Crippen LogP contribution in [0.15, 0.2) is 34.3 Å². The average Bonchev–Trinajstić information content (AvgIpc) is 3.24. The highest BCUT2D eigenvalue weighted by atomic mass is 79.9. The van der Waals surface area contributed by atoms with Crippen LogP contribution in [0.5, 0.6) is 0 Å². The Morgan fingerprint density at radius 3 is 2.48 bits per heavy atom. The van der Waals surface area contributed by atoms with E-state index in [2.05, 4.69) is 93.7 Å². The zero-order chi connectivity index (χ0) is 28.6. The third-order valence-corrected chi connectivity index (χ3v) is 15.1. The summed E-state index contributed by atoms with van der Waals surface area (Å²) in [4.78, 5) is 16.9. The number of carbonyl (C=O) groups is 1. The number of halogens is 1. The molecule has 5 aliphatic rings. The van der Waals surface area contributed by atoms with Gasteiger partial charge in [-0.1, -0.05) is 76.0 Å². The van der Waals surface area contributed by atoms with Gasteiger partial charge >= 0.3 is 5.97 Å². The number of hydrogen-bond acceptors (Lipinski definition) is 1. The van der Waals surface area contributed by atoms with Gasteiger partial charge in [-0.15, -0.1) is 0 Å². The number of aromatic nitrogens is 1. The average molecular weight is 607 g/mol. The molecule has 0 spiro atoms. The Morgan fingerprint density at radius 2 is 1.75 bits per heavy atom. The smallest absolute Gasteiger partial charge is 0.310 e. The summed E-state index contributed by atoms with van der Waals surface area (Å²) in [7, 11) is 0. The van der Waals surface area contributed by atoms with Crippen molar-refractivity contribution in [2.45, 2.75) is 105 Å². The molecule has 9 atom stereocenters. The molecule has 0 aliphatic heterocycles. The molecule has 2 N–H and O–H groups in total. The highest BCUT2D eigenvalue weighted by molar-refractivity contribution is 9.10. The fourth-order valence-electron chi connectivity index (χ4n) is 12.2. The van der Waals surface area contributed by atoms with Gasteiger partial charge in [0.1, 0.15) is 0 Å². The summed E-state index contributed by atoms with van der Waals surface area (Å²) in [5.74, 6) is 1.86. The molecular formula is C36H48BrNO2. The molecule has 3 fully saturated rings. The predicted molar refractivity (Wildman–Crippen MR) is 166 cm³/mol. The number of fused-ring (bicyclic) bond motifs is 10. The Hall–Kier alpha value is -1.55. The van der Waals surface area contributed by atoms with Crippen LogP contribution in [0.3, 0.4) is 0 Å². The molecule has 7 rings (SSSR count). The number of aromatic amines is 1. The van der Waals surface area contributed by atoms with E-state index < -0.39 is 11.4 Å². The molecule has 0 radical (unpaired) electrons. The van der Waals surface area contributed by atoms with Crippen LogP contribution in [0.25, 0.3) is 10.9 Å². The van der Waals surface area contributed by atoms with Crippen LogP contribution in [-0.4, -0.2) is 16.1 Å². The summed E-state index contributed by atoms with van der Waals surface area (Å²) in [6, 6.07) is 6.72. The standard InChI is InChI=1S/C36H48BrNO2/c1-20-12-15-36(31(39)40)17-16-34(6)25(29(36)21(20)2)9-11-28-33(5)19-24-23-18-22(37)8-10-26(23)38-30(24)32(3,4)27(33)13-14-35(28,34)7/h8-10,18,20-21,27-29,38H,11-17,19H2,1-7H3,(H,39,40)/t20-,21+,27+,28-,29+,33+,34-,35-,36+/m1/s1. The fourth-order valence-corrected chi connectivity index (χ4v) is 12.5. The van der Waals surface area contributed by atoms with E-state index in [0.717, 1.165) is 43.0 Å². The zero-order valence-electron chi connectivity index (χ0n) is 25.6. The van der Waals surface area contributed by atoms with E-state index in [4.69, 9.17) is 0 Å². The van der Waals surface area contributed by atoms with Crippen LogP contribution in [-0.2, 0) is 16.6 Å². The second-order valence-electron chi connectivity index (χ2n) is 16.2. The minimum atomic E-state index is -0.569. The Labute approximate surface area is 249 Å². The van der Waals surface area contributed by atoms with E-state index >= 15 is 0 Å². The molecule has 216 valence electrons. The van der Waals surface area contributed by atoms with Gasteiger partial charge in [0.15, 0.2) is 0 Å². The van der Waals surface area contributed by atoms with Crippen LogP contribution in [0.2, 0.25) is 0 Å². The Balaban J connectivity index is 1.37. The highest BCUT2D eigenvalue weighted by Crippen LogP contribution is 2.75. The monoisotopic (exact) mass is 605 g/mol. The first-order valence-electron chi connectivity index (χ1n) is 16.0. The number of nitrogens with one attached hydrogen (secondary N) is 1. The van der Waals surface area contributed by atoms with Gasteiger partial charge in [0.2, 0.25) is 0 Å². The Kier molecular flexibility index (Phi) is 5.66. The lowest BCUT2D eigenvalue weighted by molar-refractivity contribution is -0.179. The SMILES string of the molecule is C[C@H]1[C@H](C)CC[C@]2(C(=O)O)CC[C@]3(C)C(=CC[C@@H]4[C@@]5(C)Cc6c([nH]c7ccc(Br)cc67)C(C)(C)[C@@H]5CC[C@]43C)[C@H]12. The van der Waals surface area contributed by atoms with Gasteiger partial charge in [0.25, 0.3) is 0 Å². The van der Waals surface area contributed by atoms with Crippen LogP contribution in [0.1, 0.15) is 105 Å². The fraction of sp³-hybridized carbons (Fsp3) is 0.694. The van der Waals surface area contributed by atoms with E-state index in [-0.39, 0.29) is 27.6 Å². The quantitative estimate of drug-likeness (QED) is 0.318. The molecule has 1 heterocycles. The number of H-pyrrole nitrogens is 1. The first-order valence-corrected chi connectivity index (χ1v) is 16.7. The molecule has 0 unspecified atom stereocenters. The van der Waals surface area contributed by atoms with E-state index in [0.29, 0.717) is 23.7 Å². The normalized spacial score (nSPS) is 45.4. The van der Waals surface area contributed by atoms with Gasteiger partial charge in [-0.3, -0.25) is 4.79 Å². The first-order chi connectivity index (χ1) is 18.7. The molecule has 40 heavy (non-hydrogen) atoms. The highest BCUT2D eigenvalue weighted by Gasteiger charge is 2.69. The molecular weight excluding hydrogens is 558 g/mol. The molecule has 0 amide bonds. The maximum atomic E-state index is 13.0. The van der Waals surface area contributed by atoms with Crippen molar-refractivity contribution >= 4 is 32.8 Å². The first kappa shape index (κ1) is 27.3. The van der Waals surface area contributed by atoms with E-state index in [9.17, 15) is 9.90 Å². The molecule has 0 bridgehead atoms. The molecule has 1 aromatic heterocycles. The molecule has 3 nitrogen and oxygen atoms in total. The van der Waals surface area contributed by atoms with Gasteiger partial charge < -0.3 is 10.1 Å². The molecule has 0 saturated heterocycles. The lowest BCUT2D eigenvalue weighted by atomic mass is 9.33. The maximum Gasteiger partial charge on any atom is 0.310 e. The van der Waals surface area contributed by atoms with Crippen molar-refractivity contribution in [3.63, 3.8) is 0 Å². The molecule has 1 aromatic carbocycles. The number of allylic oxidation sites excluding steroid dienone is 2. The molecule has 4 heteroatoms. The summed E-state index contributed by atoms with van der Waals surface area (Å²) in [5, 5.41) is 12.1. The van der Waals surface area contributed by atoms with E-state index in [1.54, 1.807) is 0 Å². The number of hydrogen-bond donors (Lipinski definition) is 2. The minimum absolute atomic E-state index is 0.0620. The van der Waals surface area contributed by atoms with Crippen molar-refractivity contribution in [3.05, 3.63) is 45.6 Å². The summed E-state index contributed by atoms with van der Waals surface area (Å²) < 4.78 is 1.15. The lowest BCUT2D eigenvalue weighted by Gasteiger charge is -2.70. The van der Waals surface area contributed by atoms with E-state index in [1.807, 2.05) is 0 Å². The number of carboxylic acid groups (broad SMARTS) is 1. The third kappa shape index (κ3) is 3.11. The van der Waals surface area contributed by atoms with Crippen molar-refractivity contribution < 1.29 is 9.90 Å². The van der Waals surface area contributed by atoms with Gasteiger partial charge in [0, 0.05) is 26.5 Å². The lowest BCUT2D eigenvalue weighted by Crippen LogP contribution is -2.65. The zero-order valence-corrected chi connectivity index (χ0v) is 27.2. The van der Waals surface area contributed by atoms with Crippen LogP contribution in [0.4, 0.5) is 0 Å². The van der Waals surface area contributed by atoms with Gasteiger partial charge in [0.05, 0.1) is 5.41 Å². The summed E-state index contributed by atoms with van der Waals surface area (Å²) in [6.07, 6.45) is 11.1. The van der Waals surface area contributed by atoms with Gasteiger partial charge in [-0.2, -0.15) is 0 Å². The largest absolute Gasteiger partial charge is 0.481 e. The van der Waals surface area contributed by atoms with E-state index in [1.165, 1.54) is 40.6 Å². The molecule has 5 aliphatic carbocycles. The van der Waals surface area contributed by atoms with Crippen LogP contribution in [0, 0.1) is 51.2 Å². The number of carboxylic acids is 1. The summed E-state index contributed by atoms with van der Waals surface area (Å²) >= 11 is 3.75. The second kappa shape index (κ2) is 8.29. The van der Waals surface area contributed by atoms with Crippen molar-refractivity contribution in [3.8, 4) is 0 Å². The Morgan fingerprint density at radius 1 is 1.00 bits per heavy atom. The molecule has 2 aromatic rings. The number of benzene rings is 1. The summed E-state index contributed by atoms with van der Waals surface area (Å²) in [5.41, 5.74) is 5.74. The van der Waals surface area contributed by atoms with Crippen molar-refractivity contribution in [2.75, 3.05) is 0 Å². The maximum absolute atomic E-state index is 13.0. The minimum Gasteiger partial charge on any atom is -0.481 e. The summed E-state index contributed by atoms with van der Waals surface area (Å²) in [6.45, 7) is 17.6. The molecule has 3 saturated carbocycles. The van der Waals surface area contributed by atoms with Crippen LogP contribution < -0.4 is 0 Å². The van der Waals surface area contributed by atoms with Crippen molar-refractivity contribution in [1.29, 1.82) is 0 Å². The van der Waals surface area contributed by atoms with Crippen molar-refractivity contribution in [2.24, 2.45) is 51.2 Å². The third-order valence-electron chi connectivity index (χ3n) is 14.6.